The molecule has 2 heteroatoms. The molecule has 0 amide bonds. The van der Waals surface area contributed by atoms with E-state index in [1.54, 1.807) is 0 Å². The van der Waals surface area contributed by atoms with Crippen molar-refractivity contribution in [3.05, 3.63) is 41.5 Å². The standard InChI is InChI=1S/C20H28O2/c1-14(2)8-7-13-20(4)17-12-11-15(3)21-19(17)16-9-5-6-10-18(16)22-20/h5-6,8-10,15,17,19H,7,11-13H2,1-4H3/t15-,17+,19+,20+/m1/s1. The van der Waals surface area contributed by atoms with Crippen LogP contribution < -0.4 is 4.74 Å². The van der Waals surface area contributed by atoms with Crippen molar-refractivity contribution in [3.8, 4) is 5.75 Å². The van der Waals surface area contributed by atoms with E-state index in [1.807, 2.05) is 0 Å². The van der Waals surface area contributed by atoms with Crippen molar-refractivity contribution in [3.63, 3.8) is 0 Å². The first-order chi connectivity index (χ1) is 10.5. The molecule has 0 saturated carbocycles. The van der Waals surface area contributed by atoms with Gasteiger partial charge in [-0.3, -0.25) is 0 Å². The summed E-state index contributed by atoms with van der Waals surface area (Å²) in [6.45, 7) is 8.79. The molecule has 1 fully saturated rings. The Balaban J connectivity index is 1.90. The van der Waals surface area contributed by atoms with Gasteiger partial charge in [-0.15, -0.1) is 0 Å². The molecule has 2 nitrogen and oxygen atoms in total. The maximum atomic E-state index is 6.50. The smallest absolute Gasteiger partial charge is 0.125 e. The molecule has 0 aromatic heterocycles. The molecule has 120 valence electrons. The van der Waals surface area contributed by atoms with Gasteiger partial charge in [-0.2, -0.15) is 0 Å². The van der Waals surface area contributed by atoms with Crippen LogP contribution in [-0.2, 0) is 4.74 Å². The van der Waals surface area contributed by atoms with Gasteiger partial charge in [0.2, 0.25) is 0 Å². The third kappa shape index (κ3) is 2.94. The van der Waals surface area contributed by atoms with E-state index in [9.17, 15) is 0 Å². The van der Waals surface area contributed by atoms with Crippen molar-refractivity contribution >= 4 is 0 Å². The number of hydrogen-bond acceptors (Lipinski definition) is 2. The number of fused-ring (bicyclic) bond motifs is 3. The predicted octanol–water partition coefficient (Wildman–Crippen LogP) is 5.44. The highest BCUT2D eigenvalue weighted by Crippen LogP contribution is 2.51. The van der Waals surface area contributed by atoms with Crippen molar-refractivity contribution in [1.29, 1.82) is 0 Å². The molecule has 4 atom stereocenters. The minimum Gasteiger partial charge on any atom is -0.487 e. The molecule has 0 radical (unpaired) electrons. The lowest BCUT2D eigenvalue weighted by atomic mass is 9.72. The highest BCUT2D eigenvalue weighted by molar-refractivity contribution is 5.39. The van der Waals surface area contributed by atoms with Crippen molar-refractivity contribution < 1.29 is 9.47 Å². The Kier molecular flexibility index (Phi) is 4.31. The van der Waals surface area contributed by atoms with Crippen LogP contribution >= 0.6 is 0 Å². The van der Waals surface area contributed by atoms with Gasteiger partial charge in [0.25, 0.3) is 0 Å². The number of hydrogen-bond donors (Lipinski definition) is 0. The first-order valence-corrected chi connectivity index (χ1v) is 8.56. The maximum Gasteiger partial charge on any atom is 0.125 e. The molecule has 22 heavy (non-hydrogen) atoms. The average molecular weight is 300 g/mol. The second-order valence-corrected chi connectivity index (χ2v) is 7.32. The maximum absolute atomic E-state index is 6.50. The number of benzene rings is 1. The van der Waals surface area contributed by atoms with E-state index >= 15 is 0 Å². The van der Waals surface area contributed by atoms with Crippen LogP contribution in [0.4, 0.5) is 0 Å². The minimum absolute atomic E-state index is 0.134. The second-order valence-electron chi connectivity index (χ2n) is 7.32. The monoisotopic (exact) mass is 300 g/mol. The Bertz CT molecular complexity index is 559. The number of para-hydroxylation sites is 1. The first-order valence-electron chi connectivity index (χ1n) is 8.56. The van der Waals surface area contributed by atoms with Crippen LogP contribution in [0.5, 0.6) is 5.75 Å². The summed E-state index contributed by atoms with van der Waals surface area (Å²) >= 11 is 0. The zero-order valence-electron chi connectivity index (χ0n) is 14.3. The highest BCUT2D eigenvalue weighted by Gasteiger charge is 2.48. The minimum atomic E-state index is -0.134. The fraction of sp³-hybridized carbons (Fsp3) is 0.600. The van der Waals surface area contributed by atoms with Crippen LogP contribution in [0, 0.1) is 5.92 Å². The van der Waals surface area contributed by atoms with E-state index in [4.69, 9.17) is 9.47 Å². The van der Waals surface area contributed by atoms with Gasteiger partial charge in [-0.25, -0.2) is 0 Å². The van der Waals surface area contributed by atoms with Crippen molar-refractivity contribution in [2.45, 2.75) is 71.2 Å². The van der Waals surface area contributed by atoms with Crippen molar-refractivity contribution in [2.24, 2.45) is 5.92 Å². The highest BCUT2D eigenvalue weighted by atomic mass is 16.5. The zero-order valence-corrected chi connectivity index (χ0v) is 14.3. The van der Waals surface area contributed by atoms with Gasteiger partial charge in [0.05, 0.1) is 12.2 Å². The van der Waals surface area contributed by atoms with Gasteiger partial charge < -0.3 is 9.47 Å². The molecule has 1 saturated heterocycles. The third-order valence-electron chi connectivity index (χ3n) is 5.17. The summed E-state index contributed by atoms with van der Waals surface area (Å²) in [4.78, 5) is 0. The predicted molar refractivity (Wildman–Crippen MR) is 90.2 cm³/mol. The van der Waals surface area contributed by atoms with Crippen LogP contribution in [0.25, 0.3) is 0 Å². The Labute approximate surface area is 134 Å². The van der Waals surface area contributed by atoms with Crippen LogP contribution in [0.1, 0.15) is 65.0 Å². The Morgan fingerprint density at radius 2 is 2.05 bits per heavy atom. The van der Waals surface area contributed by atoms with Crippen LogP contribution in [0.3, 0.4) is 0 Å². The van der Waals surface area contributed by atoms with Gasteiger partial charge in [-0.1, -0.05) is 29.8 Å². The molecule has 0 unspecified atom stereocenters. The Morgan fingerprint density at radius 3 is 2.82 bits per heavy atom. The second kappa shape index (κ2) is 6.08. The Morgan fingerprint density at radius 1 is 1.27 bits per heavy atom. The van der Waals surface area contributed by atoms with E-state index < -0.39 is 0 Å². The van der Waals surface area contributed by atoms with Gasteiger partial charge in [0.15, 0.2) is 0 Å². The summed E-state index contributed by atoms with van der Waals surface area (Å²) in [7, 11) is 0. The quantitative estimate of drug-likeness (QED) is 0.692. The van der Waals surface area contributed by atoms with E-state index in [2.05, 4.69) is 58.0 Å². The lowest BCUT2D eigenvalue weighted by Crippen LogP contribution is -2.50. The van der Waals surface area contributed by atoms with Gasteiger partial charge in [0, 0.05) is 11.5 Å². The molecule has 2 aliphatic heterocycles. The molecule has 2 aliphatic rings. The lowest BCUT2D eigenvalue weighted by Gasteiger charge is -2.50. The van der Waals surface area contributed by atoms with Crippen LogP contribution in [-0.4, -0.2) is 11.7 Å². The molecule has 1 aromatic rings. The SMILES string of the molecule is CC(C)=CCC[C@]1(C)Oc2ccccc2[C@@H]2O[C@H](C)CC[C@@H]21. The summed E-state index contributed by atoms with van der Waals surface area (Å²) in [5.41, 5.74) is 2.48. The topological polar surface area (TPSA) is 18.5 Å². The summed E-state index contributed by atoms with van der Waals surface area (Å²) in [6.07, 6.45) is 7.28. The van der Waals surface area contributed by atoms with Gasteiger partial charge in [-0.05, 0) is 59.4 Å². The zero-order chi connectivity index (χ0) is 15.7. The molecule has 3 rings (SSSR count). The molecule has 1 aromatic carbocycles. The lowest BCUT2D eigenvalue weighted by molar-refractivity contribution is -0.152. The fourth-order valence-corrected chi connectivity index (χ4v) is 3.91. The first kappa shape index (κ1) is 15.6. The molecule has 0 bridgehead atoms. The van der Waals surface area contributed by atoms with Gasteiger partial charge >= 0.3 is 0 Å². The molecule has 0 N–H and O–H groups in total. The summed E-state index contributed by atoms with van der Waals surface area (Å²) < 4.78 is 12.8. The summed E-state index contributed by atoms with van der Waals surface area (Å²) in [5.74, 6) is 1.46. The van der Waals surface area contributed by atoms with Crippen molar-refractivity contribution in [1.82, 2.24) is 0 Å². The molecular weight excluding hydrogens is 272 g/mol. The molecular formula is C20H28O2. The van der Waals surface area contributed by atoms with Gasteiger partial charge in [0.1, 0.15) is 11.4 Å². The van der Waals surface area contributed by atoms with E-state index in [-0.39, 0.29) is 11.7 Å². The van der Waals surface area contributed by atoms with Crippen molar-refractivity contribution in [2.75, 3.05) is 0 Å². The average Bonchev–Trinajstić information content (AvgIpc) is 2.46. The number of allylic oxidation sites excluding steroid dienone is 2. The molecule has 0 spiro atoms. The summed E-state index contributed by atoms with van der Waals surface area (Å²) in [5, 5.41) is 0. The van der Waals surface area contributed by atoms with Crippen LogP contribution in [0.2, 0.25) is 0 Å². The normalized spacial score (nSPS) is 33.4. The van der Waals surface area contributed by atoms with Crippen LogP contribution in [0.15, 0.2) is 35.9 Å². The summed E-state index contributed by atoms with van der Waals surface area (Å²) in [6, 6.07) is 8.41. The third-order valence-corrected chi connectivity index (χ3v) is 5.17. The van der Waals surface area contributed by atoms with E-state index in [0.717, 1.165) is 25.0 Å². The fourth-order valence-electron chi connectivity index (χ4n) is 3.91. The van der Waals surface area contributed by atoms with E-state index in [0.29, 0.717) is 12.0 Å². The number of ether oxygens (including phenoxy) is 2. The molecule has 0 aliphatic carbocycles. The number of rotatable bonds is 3. The largest absolute Gasteiger partial charge is 0.487 e. The Hall–Kier alpha value is -1.28. The van der Waals surface area contributed by atoms with E-state index in [1.165, 1.54) is 17.6 Å². The molecule has 2 heterocycles.